The van der Waals surface area contributed by atoms with Gasteiger partial charge < -0.3 is 10.1 Å². The quantitative estimate of drug-likeness (QED) is 0.552. The Morgan fingerprint density at radius 1 is 1.17 bits per heavy atom. The molecule has 7 nitrogen and oxygen atoms in total. The van der Waals surface area contributed by atoms with Crippen LogP contribution in [0.15, 0.2) is 65.6 Å². The highest BCUT2D eigenvalue weighted by Crippen LogP contribution is 2.21. The van der Waals surface area contributed by atoms with Crippen LogP contribution in [0, 0.1) is 12.7 Å². The van der Waals surface area contributed by atoms with E-state index in [0.717, 1.165) is 5.56 Å². The largest absolute Gasteiger partial charge is 0.497 e. The number of benzene rings is 2. The molecule has 0 aliphatic heterocycles. The van der Waals surface area contributed by atoms with Gasteiger partial charge in [-0.3, -0.25) is 9.36 Å². The van der Waals surface area contributed by atoms with E-state index in [1.165, 1.54) is 33.4 Å². The molecule has 0 aliphatic rings. The molecule has 0 bridgehead atoms. The van der Waals surface area contributed by atoms with Gasteiger partial charge in [0.2, 0.25) is 5.91 Å². The summed E-state index contributed by atoms with van der Waals surface area (Å²) in [5.74, 6) is -0.0692. The molecule has 0 spiro atoms. The maximum atomic E-state index is 13.3. The highest BCUT2D eigenvalue weighted by Gasteiger charge is 2.18. The number of carbonyl (C=O) groups is 1. The third-order valence-corrected chi connectivity index (χ3v) is 4.79. The molecule has 0 saturated heterocycles. The topological polar surface area (TPSA) is 78.1 Å². The van der Waals surface area contributed by atoms with Crippen molar-refractivity contribution in [2.24, 2.45) is 0 Å². The normalized spacial score (nSPS) is 10.9. The number of aryl methyl sites for hydroxylation is 1. The van der Waals surface area contributed by atoms with Crippen molar-refractivity contribution >= 4 is 22.8 Å². The highest BCUT2D eigenvalue weighted by molar-refractivity contribution is 5.92. The van der Waals surface area contributed by atoms with Crippen LogP contribution in [0.5, 0.6) is 5.75 Å². The summed E-state index contributed by atoms with van der Waals surface area (Å²) in [5, 5.41) is 2.82. The van der Waals surface area contributed by atoms with Crippen molar-refractivity contribution in [1.29, 1.82) is 0 Å². The number of anilines is 1. The van der Waals surface area contributed by atoms with Crippen molar-refractivity contribution in [2.75, 3.05) is 12.4 Å². The standard InChI is InChI=1S/C22H19FN4O3/c1-14-12-17(30-2)9-10-18(14)25-20(28)13-26-19-4-3-11-24-21(19)27(22(26)29)16-7-5-15(23)6-8-16/h3-12H,13H2,1-2H3,(H,25,28). The molecule has 1 N–H and O–H groups in total. The molecule has 30 heavy (non-hydrogen) atoms. The SMILES string of the molecule is COc1ccc(NC(=O)Cn2c(=O)n(-c3ccc(F)cc3)c3ncccc32)c(C)c1. The minimum absolute atomic E-state index is 0.194. The van der Waals surface area contributed by atoms with Gasteiger partial charge in [-0.25, -0.2) is 18.7 Å². The fraction of sp³-hybridized carbons (Fsp3) is 0.136. The number of hydrogen-bond acceptors (Lipinski definition) is 4. The minimum Gasteiger partial charge on any atom is -0.497 e. The molecular weight excluding hydrogens is 387 g/mol. The number of methoxy groups -OCH3 is 1. The first-order valence-corrected chi connectivity index (χ1v) is 9.24. The second-order valence-corrected chi connectivity index (χ2v) is 6.76. The number of pyridine rings is 1. The average molecular weight is 406 g/mol. The maximum Gasteiger partial charge on any atom is 0.335 e. The minimum atomic E-state index is -0.433. The number of fused-ring (bicyclic) bond motifs is 1. The van der Waals surface area contributed by atoms with Gasteiger partial charge >= 0.3 is 5.69 Å². The van der Waals surface area contributed by atoms with Gasteiger partial charge in [0.15, 0.2) is 5.65 Å². The van der Waals surface area contributed by atoms with E-state index >= 15 is 0 Å². The van der Waals surface area contributed by atoms with Crippen molar-refractivity contribution in [3.05, 3.63) is 82.7 Å². The van der Waals surface area contributed by atoms with E-state index in [0.29, 0.717) is 28.3 Å². The van der Waals surface area contributed by atoms with Crippen LogP contribution in [0.1, 0.15) is 5.56 Å². The Bertz CT molecular complexity index is 1290. The summed E-state index contributed by atoms with van der Waals surface area (Å²) in [6.45, 7) is 1.66. The van der Waals surface area contributed by atoms with Crippen LogP contribution >= 0.6 is 0 Å². The van der Waals surface area contributed by atoms with Crippen molar-refractivity contribution in [2.45, 2.75) is 13.5 Å². The molecule has 4 rings (SSSR count). The van der Waals surface area contributed by atoms with Gasteiger partial charge in [0.1, 0.15) is 18.1 Å². The van der Waals surface area contributed by atoms with Crippen LogP contribution in [-0.4, -0.2) is 27.1 Å². The predicted molar refractivity (Wildman–Crippen MR) is 112 cm³/mol. The molecular formula is C22H19FN4O3. The van der Waals surface area contributed by atoms with Gasteiger partial charge in [0.25, 0.3) is 0 Å². The Morgan fingerprint density at radius 3 is 2.63 bits per heavy atom. The molecule has 8 heteroatoms. The lowest BCUT2D eigenvalue weighted by Crippen LogP contribution is -2.29. The van der Waals surface area contributed by atoms with Crippen molar-refractivity contribution in [3.63, 3.8) is 0 Å². The van der Waals surface area contributed by atoms with Gasteiger partial charge in [-0.2, -0.15) is 0 Å². The van der Waals surface area contributed by atoms with Gasteiger partial charge in [-0.05, 0) is 67.1 Å². The number of nitrogens with zero attached hydrogens (tertiary/aromatic N) is 3. The Balaban J connectivity index is 1.69. The maximum absolute atomic E-state index is 13.3. The van der Waals surface area contributed by atoms with Gasteiger partial charge in [-0.15, -0.1) is 0 Å². The summed E-state index contributed by atoms with van der Waals surface area (Å²) in [6, 6.07) is 14.3. The van der Waals surface area contributed by atoms with E-state index in [-0.39, 0.29) is 12.5 Å². The van der Waals surface area contributed by atoms with Crippen molar-refractivity contribution in [1.82, 2.24) is 14.1 Å². The van der Waals surface area contributed by atoms with Gasteiger partial charge in [-0.1, -0.05) is 0 Å². The molecule has 0 atom stereocenters. The van der Waals surface area contributed by atoms with Crippen molar-refractivity contribution < 1.29 is 13.9 Å². The summed E-state index contributed by atoms with van der Waals surface area (Å²) < 4.78 is 21.2. The molecule has 1 amide bonds. The zero-order valence-corrected chi connectivity index (χ0v) is 16.4. The zero-order chi connectivity index (χ0) is 21.3. The lowest BCUT2D eigenvalue weighted by molar-refractivity contribution is -0.116. The first-order valence-electron chi connectivity index (χ1n) is 9.24. The third-order valence-electron chi connectivity index (χ3n) is 4.79. The summed E-state index contributed by atoms with van der Waals surface area (Å²) in [4.78, 5) is 30.1. The van der Waals surface area contributed by atoms with Crippen molar-refractivity contribution in [3.8, 4) is 11.4 Å². The fourth-order valence-electron chi connectivity index (χ4n) is 3.30. The van der Waals surface area contributed by atoms with Crippen LogP contribution in [0.25, 0.3) is 16.9 Å². The average Bonchev–Trinajstić information content (AvgIpc) is 3.02. The number of nitrogens with one attached hydrogen (secondary N) is 1. The monoisotopic (exact) mass is 406 g/mol. The van der Waals surface area contributed by atoms with Crippen LogP contribution < -0.4 is 15.7 Å². The summed E-state index contributed by atoms with van der Waals surface area (Å²) in [7, 11) is 1.57. The number of aromatic nitrogens is 3. The van der Waals surface area contributed by atoms with Crippen LogP contribution in [0.2, 0.25) is 0 Å². The fourth-order valence-corrected chi connectivity index (χ4v) is 3.30. The smallest absolute Gasteiger partial charge is 0.335 e. The van der Waals surface area contributed by atoms with E-state index in [4.69, 9.17) is 4.74 Å². The van der Waals surface area contributed by atoms with Crippen LogP contribution in [0.3, 0.4) is 0 Å². The molecule has 2 aromatic carbocycles. The zero-order valence-electron chi connectivity index (χ0n) is 16.4. The number of halogens is 1. The second kappa shape index (κ2) is 7.82. The summed E-state index contributed by atoms with van der Waals surface area (Å²) in [6.07, 6.45) is 1.56. The van der Waals surface area contributed by atoms with E-state index < -0.39 is 11.5 Å². The summed E-state index contributed by atoms with van der Waals surface area (Å²) in [5.41, 5.74) is 2.41. The highest BCUT2D eigenvalue weighted by atomic mass is 19.1. The third kappa shape index (κ3) is 3.55. The number of ether oxygens (including phenoxy) is 1. The molecule has 0 saturated carbocycles. The predicted octanol–water partition coefficient (Wildman–Crippen LogP) is 3.28. The summed E-state index contributed by atoms with van der Waals surface area (Å²) >= 11 is 0. The molecule has 2 aromatic heterocycles. The van der Waals surface area contributed by atoms with E-state index in [9.17, 15) is 14.0 Å². The number of hydrogen-bond donors (Lipinski definition) is 1. The second-order valence-electron chi connectivity index (χ2n) is 6.76. The molecule has 152 valence electrons. The molecule has 0 fully saturated rings. The lowest BCUT2D eigenvalue weighted by atomic mass is 10.2. The molecule has 4 aromatic rings. The van der Waals surface area contributed by atoms with Gasteiger partial charge in [0, 0.05) is 11.9 Å². The number of carbonyl (C=O) groups excluding carboxylic acids is 1. The van der Waals surface area contributed by atoms with Crippen LogP contribution in [-0.2, 0) is 11.3 Å². The van der Waals surface area contributed by atoms with E-state index in [1.54, 1.807) is 37.6 Å². The van der Waals surface area contributed by atoms with Gasteiger partial charge in [0.05, 0.1) is 18.3 Å². The molecule has 2 heterocycles. The lowest BCUT2D eigenvalue weighted by Gasteiger charge is -2.10. The Labute approximate surface area is 171 Å². The van der Waals surface area contributed by atoms with Crippen LogP contribution in [0.4, 0.5) is 10.1 Å². The number of imidazole rings is 1. The molecule has 0 radical (unpaired) electrons. The Hall–Kier alpha value is -3.94. The van der Waals surface area contributed by atoms with E-state index in [2.05, 4.69) is 10.3 Å². The number of amides is 1. The molecule has 0 unspecified atom stereocenters. The molecule has 0 aliphatic carbocycles. The first kappa shape index (κ1) is 19.4. The number of rotatable bonds is 5. The van der Waals surface area contributed by atoms with E-state index in [1.807, 2.05) is 13.0 Å². The Kier molecular flexibility index (Phi) is 5.05. The first-order chi connectivity index (χ1) is 14.5. The Morgan fingerprint density at radius 2 is 1.93 bits per heavy atom.